The molecule has 104 valence electrons. The van der Waals surface area contributed by atoms with E-state index >= 15 is 0 Å². The van der Waals surface area contributed by atoms with E-state index in [0.29, 0.717) is 11.3 Å². The summed E-state index contributed by atoms with van der Waals surface area (Å²) in [6, 6.07) is 10.9. The van der Waals surface area contributed by atoms with Crippen molar-refractivity contribution in [2.45, 2.75) is 22.6 Å². The lowest BCUT2D eigenvalue weighted by molar-refractivity contribution is 0.413. The van der Waals surface area contributed by atoms with Crippen LogP contribution in [0.25, 0.3) is 0 Å². The summed E-state index contributed by atoms with van der Waals surface area (Å²) in [4.78, 5) is 5.34. The van der Waals surface area contributed by atoms with E-state index < -0.39 is 0 Å². The first kappa shape index (κ1) is 13.5. The molecule has 0 aliphatic heterocycles. The van der Waals surface area contributed by atoms with Gasteiger partial charge in [-0.25, -0.2) is 0 Å². The largest absolute Gasteiger partial charge is 0.497 e. The second-order valence-electron chi connectivity index (χ2n) is 4.87. The first-order chi connectivity index (χ1) is 9.81. The average Bonchev–Trinajstić information content (AvgIpc) is 2.84. The molecular formula is C16H18N2OS. The van der Waals surface area contributed by atoms with Crippen LogP contribution in [0.2, 0.25) is 0 Å². The van der Waals surface area contributed by atoms with Crippen LogP contribution in [-0.2, 0) is 6.42 Å². The molecule has 0 amide bonds. The van der Waals surface area contributed by atoms with Crippen LogP contribution >= 0.6 is 11.8 Å². The highest BCUT2D eigenvalue weighted by molar-refractivity contribution is 8.00. The number of ether oxygens (including phenoxy) is 1. The highest BCUT2D eigenvalue weighted by Gasteiger charge is 2.32. The molecule has 1 N–H and O–H groups in total. The fourth-order valence-corrected chi connectivity index (χ4v) is 4.06. The van der Waals surface area contributed by atoms with Gasteiger partial charge in [-0.2, -0.15) is 0 Å². The van der Waals surface area contributed by atoms with Crippen molar-refractivity contribution in [3.63, 3.8) is 0 Å². The number of thioether (sulfide) groups is 1. The van der Waals surface area contributed by atoms with Gasteiger partial charge in [0.05, 0.1) is 7.11 Å². The van der Waals surface area contributed by atoms with E-state index in [4.69, 9.17) is 4.74 Å². The molecule has 3 nitrogen and oxygen atoms in total. The van der Waals surface area contributed by atoms with Crippen molar-refractivity contribution < 1.29 is 4.74 Å². The predicted molar refractivity (Wildman–Crippen MR) is 82.4 cm³/mol. The number of nitrogens with one attached hydrogen (secondary N) is 1. The van der Waals surface area contributed by atoms with Crippen molar-refractivity contribution >= 4 is 11.8 Å². The third kappa shape index (κ3) is 2.53. The Balaban J connectivity index is 1.85. The minimum atomic E-state index is 0.360. The molecule has 1 aromatic carbocycles. The minimum absolute atomic E-state index is 0.360. The molecule has 1 aromatic heterocycles. The number of fused-ring (bicyclic) bond motifs is 1. The normalized spacial score (nSPS) is 20.7. The Hall–Kier alpha value is -1.52. The summed E-state index contributed by atoms with van der Waals surface area (Å²) in [5.41, 5.74) is 2.77. The monoisotopic (exact) mass is 286 g/mol. The number of rotatable bonds is 4. The lowest BCUT2D eigenvalue weighted by atomic mass is 10.1. The SMILES string of the molecule is CNC1c2cc(OC)ccc2CC1Sc1ccncc1. The highest BCUT2D eigenvalue weighted by Crippen LogP contribution is 2.42. The summed E-state index contributed by atoms with van der Waals surface area (Å²) in [7, 11) is 3.74. The van der Waals surface area contributed by atoms with Gasteiger partial charge < -0.3 is 10.1 Å². The fraction of sp³-hybridized carbons (Fsp3) is 0.312. The van der Waals surface area contributed by atoms with Crippen LogP contribution in [0.4, 0.5) is 0 Å². The Morgan fingerprint density at radius 2 is 2.05 bits per heavy atom. The Labute approximate surface area is 123 Å². The molecule has 0 fully saturated rings. The zero-order chi connectivity index (χ0) is 13.9. The topological polar surface area (TPSA) is 34.1 Å². The molecule has 1 heterocycles. The van der Waals surface area contributed by atoms with Gasteiger partial charge in [0.25, 0.3) is 0 Å². The quantitative estimate of drug-likeness (QED) is 0.936. The van der Waals surface area contributed by atoms with Gasteiger partial charge in [0.15, 0.2) is 0 Å². The van der Waals surface area contributed by atoms with Crippen LogP contribution in [0, 0.1) is 0 Å². The van der Waals surface area contributed by atoms with Gasteiger partial charge in [-0.3, -0.25) is 4.98 Å². The Morgan fingerprint density at radius 3 is 2.75 bits per heavy atom. The van der Waals surface area contributed by atoms with Crippen molar-refractivity contribution in [2.75, 3.05) is 14.2 Å². The molecule has 0 radical (unpaired) electrons. The van der Waals surface area contributed by atoms with E-state index in [-0.39, 0.29) is 0 Å². The zero-order valence-electron chi connectivity index (χ0n) is 11.7. The summed E-state index contributed by atoms with van der Waals surface area (Å²) in [6.07, 6.45) is 4.78. The Morgan fingerprint density at radius 1 is 1.25 bits per heavy atom. The van der Waals surface area contributed by atoms with Crippen molar-refractivity contribution in [1.82, 2.24) is 10.3 Å². The summed E-state index contributed by atoms with van der Waals surface area (Å²) in [6.45, 7) is 0. The molecule has 3 rings (SSSR count). The standard InChI is InChI=1S/C16H18N2OS/c1-17-16-14-10-12(19-2)4-3-11(14)9-15(16)20-13-5-7-18-8-6-13/h3-8,10,15-17H,9H2,1-2H3. The molecule has 0 saturated heterocycles. The van der Waals surface area contributed by atoms with E-state index in [1.165, 1.54) is 16.0 Å². The molecule has 0 saturated carbocycles. The molecule has 1 aliphatic rings. The first-order valence-electron chi connectivity index (χ1n) is 6.72. The van der Waals surface area contributed by atoms with Crippen LogP contribution in [-0.4, -0.2) is 24.4 Å². The van der Waals surface area contributed by atoms with Crippen molar-refractivity contribution in [3.8, 4) is 5.75 Å². The highest BCUT2D eigenvalue weighted by atomic mass is 32.2. The molecule has 2 unspecified atom stereocenters. The van der Waals surface area contributed by atoms with Crippen LogP contribution in [0.1, 0.15) is 17.2 Å². The van der Waals surface area contributed by atoms with Gasteiger partial charge in [-0.05, 0) is 48.9 Å². The molecular weight excluding hydrogens is 268 g/mol. The maximum absolute atomic E-state index is 5.34. The maximum atomic E-state index is 5.34. The molecule has 2 atom stereocenters. The lowest BCUT2D eigenvalue weighted by Crippen LogP contribution is -2.23. The van der Waals surface area contributed by atoms with Crippen molar-refractivity contribution in [3.05, 3.63) is 53.9 Å². The number of aromatic nitrogens is 1. The number of pyridine rings is 1. The molecule has 2 aromatic rings. The number of nitrogens with zero attached hydrogens (tertiary/aromatic N) is 1. The van der Waals surface area contributed by atoms with Crippen LogP contribution in [0.3, 0.4) is 0 Å². The smallest absolute Gasteiger partial charge is 0.119 e. The zero-order valence-corrected chi connectivity index (χ0v) is 12.5. The molecule has 1 aliphatic carbocycles. The van der Waals surface area contributed by atoms with Gasteiger partial charge >= 0.3 is 0 Å². The molecule has 0 spiro atoms. The third-order valence-electron chi connectivity index (χ3n) is 3.73. The number of methoxy groups -OCH3 is 1. The maximum Gasteiger partial charge on any atom is 0.119 e. The summed E-state index contributed by atoms with van der Waals surface area (Å²) < 4.78 is 5.34. The first-order valence-corrected chi connectivity index (χ1v) is 7.60. The van der Waals surface area contributed by atoms with Gasteiger partial charge in [-0.1, -0.05) is 6.07 Å². The summed E-state index contributed by atoms with van der Waals surface area (Å²) in [5.74, 6) is 0.929. The number of hydrogen-bond acceptors (Lipinski definition) is 4. The number of hydrogen-bond donors (Lipinski definition) is 1. The number of benzene rings is 1. The van der Waals surface area contributed by atoms with Gasteiger partial charge in [-0.15, -0.1) is 11.8 Å². The van der Waals surface area contributed by atoms with Crippen LogP contribution < -0.4 is 10.1 Å². The fourth-order valence-electron chi connectivity index (χ4n) is 2.75. The van der Waals surface area contributed by atoms with E-state index in [9.17, 15) is 0 Å². The van der Waals surface area contributed by atoms with Crippen LogP contribution in [0.15, 0.2) is 47.6 Å². The van der Waals surface area contributed by atoms with Crippen LogP contribution in [0.5, 0.6) is 5.75 Å². The van der Waals surface area contributed by atoms with E-state index in [1.807, 2.05) is 37.3 Å². The Kier molecular flexibility index (Phi) is 3.94. The second-order valence-corrected chi connectivity index (χ2v) is 6.19. The molecule has 4 heteroatoms. The van der Waals surface area contributed by atoms with Crippen molar-refractivity contribution in [2.24, 2.45) is 0 Å². The average molecular weight is 286 g/mol. The summed E-state index contributed by atoms with van der Waals surface area (Å²) >= 11 is 1.91. The van der Waals surface area contributed by atoms with Gasteiger partial charge in [0, 0.05) is 28.6 Å². The minimum Gasteiger partial charge on any atom is -0.497 e. The van der Waals surface area contributed by atoms with E-state index in [1.54, 1.807) is 7.11 Å². The lowest BCUT2D eigenvalue weighted by Gasteiger charge is -2.19. The Bertz CT molecular complexity index is 588. The van der Waals surface area contributed by atoms with E-state index in [2.05, 4.69) is 34.6 Å². The van der Waals surface area contributed by atoms with Gasteiger partial charge in [0.2, 0.25) is 0 Å². The van der Waals surface area contributed by atoms with Crippen molar-refractivity contribution in [1.29, 1.82) is 0 Å². The summed E-state index contributed by atoms with van der Waals surface area (Å²) in [5, 5.41) is 3.95. The molecule has 20 heavy (non-hydrogen) atoms. The second kappa shape index (κ2) is 5.85. The van der Waals surface area contributed by atoms with Gasteiger partial charge in [0.1, 0.15) is 5.75 Å². The predicted octanol–water partition coefficient (Wildman–Crippen LogP) is 3.07. The third-order valence-corrected chi connectivity index (χ3v) is 5.02. The molecule has 0 bridgehead atoms. The van der Waals surface area contributed by atoms with E-state index in [0.717, 1.165) is 12.2 Å².